The predicted molar refractivity (Wildman–Crippen MR) is 106 cm³/mol. The fourth-order valence-corrected chi connectivity index (χ4v) is 3.64. The molecule has 8 heteroatoms. The van der Waals surface area contributed by atoms with Crippen LogP contribution in [0.5, 0.6) is 0 Å². The van der Waals surface area contributed by atoms with Gasteiger partial charge in [-0.2, -0.15) is 0 Å². The molecule has 1 N–H and O–H groups in total. The highest BCUT2D eigenvalue weighted by molar-refractivity contribution is 14.1. The summed E-state index contributed by atoms with van der Waals surface area (Å²) in [5.74, 6) is -0.420. The number of hydrogen-bond donors (Lipinski definition) is 1. The summed E-state index contributed by atoms with van der Waals surface area (Å²) < 4.78 is 26.3. The number of carbonyl (C=O) groups is 1. The lowest BCUT2D eigenvalue weighted by atomic mass is 10.2. The average Bonchev–Trinajstić information content (AvgIpc) is 2.47. The van der Waals surface area contributed by atoms with Gasteiger partial charge in [0.15, 0.2) is 0 Å². The van der Waals surface area contributed by atoms with E-state index in [-0.39, 0.29) is 6.54 Å². The molecule has 2 aromatic carbocycles. The number of carbonyl (C=O) groups excluding carboxylic acids is 1. The van der Waals surface area contributed by atoms with E-state index in [0.717, 1.165) is 14.1 Å². The van der Waals surface area contributed by atoms with Crippen molar-refractivity contribution in [3.8, 4) is 0 Å². The Kier molecular flexibility index (Phi) is 6.11. The zero-order chi connectivity index (χ0) is 17.9. The van der Waals surface area contributed by atoms with Gasteiger partial charge in [0.2, 0.25) is 15.9 Å². The molecule has 0 aliphatic rings. The Hall–Kier alpha value is -1.32. The van der Waals surface area contributed by atoms with Gasteiger partial charge in [0, 0.05) is 14.3 Å². The van der Waals surface area contributed by atoms with Gasteiger partial charge in [-0.3, -0.25) is 9.10 Å². The summed E-state index contributed by atoms with van der Waals surface area (Å²) in [6.45, 7) is 1.43. The second-order valence-corrected chi connectivity index (χ2v) is 8.84. The summed E-state index contributed by atoms with van der Waals surface area (Å²) in [5, 5.41) is 3.21. The van der Waals surface area contributed by atoms with Crippen molar-refractivity contribution >= 4 is 61.5 Å². The molecule has 0 heterocycles. The highest BCUT2D eigenvalue weighted by Gasteiger charge is 2.22. The highest BCUT2D eigenvalue weighted by atomic mass is 127. The number of halogens is 2. The number of aryl methyl sites for hydroxylation is 1. The number of sulfonamides is 1. The van der Waals surface area contributed by atoms with Gasteiger partial charge in [-0.1, -0.05) is 11.6 Å². The van der Waals surface area contributed by atoms with E-state index in [1.54, 1.807) is 37.3 Å². The molecular formula is C16H16ClIN2O3S. The molecule has 2 rings (SSSR count). The van der Waals surface area contributed by atoms with Gasteiger partial charge in [0.25, 0.3) is 0 Å². The molecule has 0 aliphatic heterocycles. The summed E-state index contributed by atoms with van der Waals surface area (Å²) in [6, 6.07) is 12.1. The molecule has 0 aromatic heterocycles. The van der Waals surface area contributed by atoms with Crippen LogP contribution in [0.2, 0.25) is 5.02 Å². The Morgan fingerprint density at radius 3 is 2.38 bits per heavy atom. The third kappa shape index (κ3) is 5.09. The number of nitrogens with zero attached hydrogens (tertiary/aromatic N) is 1. The number of benzene rings is 2. The molecule has 128 valence electrons. The number of hydrogen-bond acceptors (Lipinski definition) is 3. The van der Waals surface area contributed by atoms with Crippen molar-refractivity contribution in [2.45, 2.75) is 6.92 Å². The molecule has 0 unspecified atom stereocenters. The van der Waals surface area contributed by atoms with Gasteiger partial charge in [-0.15, -0.1) is 0 Å². The van der Waals surface area contributed by atoms with Crippen molar-refractivity contribution in [1.29, 1.82) is 0 Å². The second kappa shape index (κ2) is 7.71. The van der Waals surface area contributed by atoms with Crippen LogP contribution in [0, 0.1) is 10.5 Å². The molecule has 0 saturated heterocycles. The summed E-state index contributed by atoms with van der Waals surface area (Å²) >= 11 is 8.08. The lowest BCUT2D eigenvalue weighted by molar-refractivity contribution is -0.114. The Morgan fingerprint density at radius 2 is 1.83 bits per heavy atom. The summed E-state index contributed by atoms with van der Waals surface area (Å²) in [7, 11) is -3.62. The third-order valence-electron chi connectivity index (χ3n) is 3.24. The Labute approximate surface area is 160 Å². The van der Waals surface area contributed by atoms with Gasteiger partial charge >= 0.3 is 0 Å². The van der Waals surface area contributed by atoms with Crippen molar-refractivity contribution in [1.82, 2.24) is 0 Å². The number of anilines is 2. The van der Waals surface area contributed by atoms with E-state index in [0.29, 0.717) is 22.0 Å². The molecule has 0 radical (unpaired) electrons. The van der Waals surface area contributed by atoms with Gasteiger partial charge in [-0.25, -0.2) is 8.42 Å². The fourth-order valence-electron chi connectivity index (χ4n) is 2.14. The Bertz CT molecular complexity index is 854. The van der Waals surface area contributed by atoms with Crippen LogP contribution in [-0.4, -0.2) is 27.1 Å². The maximum absolute atomic E-state index is 12.3. The summed E-state index contributed by atoms with van der Waals surface area (Å²) in [4.78, 5) is 12.3. The minimum atomic E-state index is -3.62. The molecule has 24 heavy (non-hydrogen) atoms. The Balaban J connectivity index is 2.23. The standard InChI is InChI=1S/C16H16ClIN2O3S/c1-11-9-12(17)3-8-15(11)20(24(2,22)23)10-16(21)19-14-6-4-13(18)5-7-14/h3-9H,10H2,1-2H3,(H,19,21). The van der Waals surface area contributed by atoms with E-state index in [1.165, 1.54) is 0 Å². The molecule has 0 fully saturated rings. The first kappa shape index (κ1) is 19.0. The molecular weight excluding hydrogens is 463 g/mol. The average molecular weight is 479 g/mol. The zero-order valence-corrected chi connectivity index (χ0v) is 16.8. The summed E-state index contributed by atoms with van der Waals surface area (Å²) in [6.07, 6.45) is 1.07. The predicted octanol–water partition coefficient (Wildman–Crippen LogP) is 3.66. The minimum Gasteiger partial charge on any atom is -0.325 e. The van der Waals surface area contributed by atoms with Crippen LogP contribution in [0.3, 0.4) is 0 Å². The lowest BCUT2D eigenvalue weighted by Gasteiger charge is -2.23. The van der Waals surface area contributed by atoms with Gasteiger partial charge < -0.3 is 5.32 Å². The first-order chi connectivity index (χ1) is 11.2. The molecule has 0 saturated carbocycles. The SMILES string of the molecule is Cc1cc(Cl)ccc1N(CC(=O)Nc1ccc(I)cc1)S(C)(=O)=O. The molecule has 5 nitrogen and oxygen atoms in total. The van der Waals surface area contributed by atoms with Gasteiger partial charge in [-0.05, 0) is 77.5 Å². The van der Waals surface area contributed by atoms with Crippen molar-refractivity contribution in [3.63, 3.8) is 0 Å². The number of rotatable bonds is 5. The largest absolute Gasteiger partial charge is 0.325 e. The van der Waals surface area contributed by atoms with Crippen LogP contribution in [-0.2, 0) is 14.8 Å². The quantitative estimate of drug-likeness (QED) is 0.667. The monoisotopic (exact) mass is 478 g/mol. The minimum absolute atomic E-state index is 0.312. The van der Waals surface area contributed by atoms with Crippen molar-refractivity contribution < 1.29 is 13.2 Å². The van der Waals surface area contributed by atoms with E-state index in [2.05, 4.69) is 27.9 Å². The lowest BCUT2D eigenvalue weighted by Crippen LogP contribution is -2.37. The molecule has 2 aromatic rings. The molecule has 0 spiro atoms. The van der Waals surface area contributed by atoms with Gasteiger partial charge in [0.1, 0.15) is 6.54 Å². The molecule has 1 amide bonds. The van der Waals surface area contributed by atoms with Crippen LogP contribution in [0.4, 0.5) is 11.4 Å². The maximum Gasteiger partial charge on any atom is 0.245 e. The van der Waals surface area contributed by atoms with Crippen molar-refractivity contribution in [3.05, 3.63) is 56.6 Å². The zero-order valence-electron chi connectivity index (χ0n) is 13.1. The number of amides is 1. The topological polar surface area (TPSA) is 66.5 Å². The van der Waals surface area contributed by atoms with Crippen LogP contribution in [0.25, 0.3) is 0 Å². The normalized spacial score (nSPS) is 11.2. The van der Waals surface area contributed by atoms with E-state index in [4.69, 9.17) is 11.6 Å². The van der Waals surface area contributed by atoms with Crippen LogP contribution < -0.4 is 9.62 Å². The van der Waals surface area contributed by atoms with E-state index in [1.807, 2.05) is 12.1 Å². The second-order valence-electron chi connectivity index (χ2n) is 5.26. The van der Waals surface area contributed by atoms with Crippen molar-refractivity contribution in [2.75, 3.05) is 22.4 Å². The Morgan fingerprint density at radius 1 is 1.21 bits per heavy atom. The maximum atomic E-state index is 12.3. The smallest absolute Gasteiger partial charge is 0.245 e. The first-order valence-electron chi connectivity index (χ1n) is 6.96. The molecule has 0 aliphatic carbocycles. The third-order valence-corrected chi connectivity index (χ3v) is 5.32. The first-order valence-corrected chi connectivity index (χ1v) is 10.3. The van der Waals surface area contributed by atoms with E-state index < -0.39 is 15.9 Å². The fraction of sp³-hybridized carbons (Fsp3) is 0.188. The van der Waals surface area contributed by atoms with Crippen LogP contribution in [0.15, 0.2) is 42.5 Å². The van der Waals surface area contributed by atoms with E-state index >= 15 is 0 Å². The van der Waals surface area contributed by atoms with Crippen LogP contribution in [0.1, 0.15) is 5.56 Å². The van der Waals surface area contributed by atoms with Crippen LogP contribution >= 0.6 is 34.2 Å². The van der Waals surface area contributed by atoms with Crippen molar-refractivity contribution in [2.24, 2.45) is 0 Å². The van der Waals surface area contributed by atoms with E-state index in [9.17, 15) is 13.2 Å². The molecule has 0 atom stereocenters. The summed E-state index contributed by atoms with van der Waals surface area (Å²) in [5.41, 5.74) is 1.72. The number of nitrogens with one attached hydrogen (secondary N) is 1. The highest BCUT2D eigenvalue weighted by Crippen LogP contribution is 2.25. The molecule has 0 bridgehead atoms. The van der Waals surface area contributed by atoms with Gasteiger partial charge in [0.05, 0.1) is 11.9 Å².